The van der Waals surface area contributed by atoms with Crippen molar-refractivity contribution < 1.29 is 9.31 Å². The first kappa shape index (κ1) is 12.3. The highest BCUT2D eigenvalue weighted by Crippen LogP contribution is 2.34. The molecule has 0 aromatic heterocycles. The monoisotopic (exact) mass is 265 g/mol. The molecule has 2 saturated heterocycles. The number of piperazine rings is 1. The van der Waals surface area contributed by atoms with Crippen molar-refractivity contribution in [1.29, 1.82) is 0 Å². The molecule has 0 amide bonds. The molecular weight excluding hydrogens is 249 g/mol. The molecular formula is C13H16FN3O2. The lowest BCUT2D eigenvalue weighted by Gasteiger charge is -2.35. The lowest BCUT2D eigenvalue weighted by atomic mass is 10.2. The van der Waals surface area contributed by atoms with Crippen LogP contribution in [0.4, 0.5) is 15.8 Å². The fourth-order valence-corrected chi connectivity index (χ4v) is 3.21. The van der Waals surface area contributed by atoms with Crippen LogP contribution in [0.1, 0.15) is 6.42 Å². The smallest absolute Gasteiger partial charge is 0.269 e. The number of non-ortho nitro benzene ring substituents is 1. The molecule has 0 radical (unpaired) electrons. The molecule has 0 spiro atoms. The van der Waals surface area contributed by atoms with Gasteiger partial charge in [-0.1, -0.05) is 0 Å². The number of anilines is 1. The minimum absolute atomic E-state index is 0.118. The van der Waals surface area contributed by atoms with Crippen molar-refractivity contribution in [1.82, 2.24) is 4.90 Å². The van der Waals surface area contributed by atoms with Gasteiger partial charge in [-0.05, 0) is 18.6 Å². The van der Waals surface area contributed by atoms with Gasteiger partial charge in [-0.2, -0.15) is 0 Å². The molecule has 0 aliphatic carbocycles. The summed E-state index contributed by atoms with van der Waals surface area (Å²) in [4.78, 5) is 14.7. The van der Waals surface area contributed by atoms with Crippen LogP contribution in [0, 0.1) is 10.1 Å². The van der Waals surface area contributed by atoms with Crippen molar-refractivity contribution in [2.75, 3.05) is 31.2 Å². The molecule has 2 aliphatic rings. The summed E-state index contributed by atoms with van der Waals surface area (Å²) in [6.45, 7) is 2.02. The Morgan fingerprint density at radius 1 is 1.26 bits per heavy atom. The number of nitrogens with zero attached hydrogens (tertiary/aromatic N) is 3. The second kappa shape index (κ2) is 4.77. The van der Waals surface area contributed by atoms with E-state index in [0.29, 0.717) is 18.6 Å². The fraction of sp³-hybridized carbons (Fsp3) is 0.538. The predicted octanol–water partition coefficient (Wildman–Crippen LogP) is 1.83. The van der Waals surface area contributed by atoms with Crippen molar-refractivity contribution >= 4 is 11.4 Å². The van der Waals surface area contributed by atoms with Crippen LogP contribution in [0.5, 0.6) is 0 Å². The number of halogens is 1. The van der Waals surface area contributed by atoms with Crippen LogP contribution in [0.15, 0.2) is 24.3 Å². The summed E-state index contributed by atoms with van der Waals surface area (Å²) in [5.41, 5.74) is 1.14. The molecule has 6 heteroatoms. The molecule has 2 aliphatic heterocycles. The van der Waals surface area contributed by atoms with Crippen LogP contribution >= 0.6 is 0 Å². The fourth-order valence-electron chi connectivity index (χ4n) is 3.21. The number of nitro benzene ring substituents is 1. The molecule has 0 N–H and O–H groups in total. The number of benzene rings is 1. The van der Waals surface area contributed by atoms with Gasteiger partial charge in [-0.15, -0.1) is 0 Å². The van der Waals surface area contributed by atoms with Crippen molar-refractivity contribution in [2.24, 2.45) is 0 Å². The van der Waals surface area contributed by atoms with Gasteiger partial charge in [0.1, 0.15) is 6.67 Å². The molecule has 5 nitrogen and oxygen atoms in total. The molecule has 102 valence electrons. The van der Waals surface area contributed by atoms with Crippen LogP contribution in [0.2, 0.25) is 0 Å². The lowest BCUT2D eigenvalue weighted by molar-refractivity contribution is -0.384. The average Bonchev–Trinajstić information content (AvgIpc) is 2.99. The highest BCUT2D eigenvalue weighted by molar-refractivity contribution is 5.53. The van der Waals surface area contributed by atoms with Gasteiger partial charge in [0.15, 0.2) is 0 Å². The number of hydrogen-bond acceptors (Lipinski definition) is 4. The molecule has 2 bridgehead atoms. The Morgan fingerprint density at radius 3 is 2.53 bits per heavy atom. The number of fused-ring (bicyclic) bond motifs is 2. The number of hydrogen-bond donors (Lipinski definition) is 0. The zero-order valence-corrected chi connectivity index (χ0v) is 10.5. The molecule has 1 aromatic rings. The molecule has 1 aromatic carbocycles. The Hall–Kier alpha value is -1.69. The second-order valence-electron chi connectivity index (χ2n) is 5.15. The molecule has 2 atom stereocenters. The molecule has 0 unspecified atom stereocenters. The van der Waals surface area contributed by atoms with Gasteiger partial charge in [0.25, 0.3) is 5.69 Å². The number of nitro groups is 1. The summed E-state index contributed by atoms with van der Waals surface area (Å²) in [6, 6.07) is 7.53. The summed E-state index contributed by atoms with van der Waals surface area (Å²) in [5, 5.41) is 10.6. The molecule has 2 heterocycles. The highest BCUT2D eigenvalue weighted by atomic mass is 19.1. The minimum Gasteiger partial charge on any atom is -0.366 e. The van der Waals surface area contributed by atoms with Crippen molar-refractivity contribution in [2.45, 2.75) is 18.5 Å². The lowest BCUT2D eigenvalue weighted by Crippen LogP contribution is -2.47. The minimum atomic E-state index is -0.386. The van der Waals surface area contributed by atoms with E-state index < -0.39 is 0 Å². The Bertz CT molecular complexity index is 479. The first-order valence-electron chi connectivity index (χ1n) is 6.50. The molecule has 3 rings (SSSR count). The maximum atomic E-state index is 12.4. The van der Waals surface area contributed by atoms with Crippen LogP contribution in [-0.4, -0.2) is 48.2 Å². The topological polar surface area (TPSA) is 49.6 Å². The number of rotatable bonds is 4. The van der Waals surface area contributed by atoms with E-state index in [0.717, 1.165) is 25.2 Å². The summed E-state index contributed by atoms with van der Waals surface area (Å²) < 4.78 is 12.4. The third-order valence-electron chi connectivity index (χ3n) is 4.12. The number of likely N-dealkylation sites (tertiary alicyclic amines) is 1. The Kier molecular flexibility index (Phi) is 3.10. The van der Waals surface area contributed by atoms with Gasteiger partial charge in [0, 0.05) is 49.5 Å². The standard InChI is InChI=1S/C13H16FN3O2/c14-5-6-15-8-13-7-12(15)9-16(13)10-1-3-11(4-2-10)17(18)19/h1-4,12-13H,5-9H2/t12-,13-/m0/s1. The van der Waals surface area contributed by atoms with Crippen LogP contribution in [-0.2, 0) is 0 Å². The van der Waals surface area contributed by atoms with E-state index >= 15 is 0 Å². The van der Waals surface area contributed by atoms with Crippen LogP contribution in [0.25, 0.3) is 0 Å². The van der Waals surface area contributed by atoms with Gasteiger partial charge in [0.2, 0.25) is 0 Å². The van der Waals surface area contributed by atoms with E-state index in [2.05, 4.69) is 9.80 Å². The van der Waals surface area contributed by atoms with Crippen molar-refractivity contribution in [3.63, 3.8) is 0 Å². The van der Waals surface area contributed by atoms with Gasteiger partial charge in [0.05, 0.1) is 4.92 Å². The first-order valence-corrected chi connectivity index (χ1v) is 6.50. The van der Waals surface area contributed by atoms with E-state index in [4.69, 9.17) is 0 Å². The first-order chi connectivity index (χ1) is 9.19. The second-order valence-corrected chi connectivity index (χ2v) is 5.15. The average molecular weight is 265 g/mol. The van der Waals surface area contributed by atoms with Gasteiger partial charge >= 0.3 is 0 Å². The van der Waals surface area contributed by atoms with Crippen molar-refractivity contribution in [3.05, 3.63) is 34.4 Å². The number of alkyl halides is 1. The molecule has 0 saturated carbocycles. The highest BCUT2D eigenvalue weighted by Gasteiger charge is 2.42. The largest absolute Gasteiger partial charge is 0.366 e. The predicted molar refractivity (Wildman–Crippen MR) is 70.2 cm³/mol. The zero-order valence-electron chi connectivity index (χ0n) is 10.5. The van der Waals surface area contributed by atoms with E-state index in [1.165, 1.54) is 0 Å². The Morgan fingerprint density at radius 2 is 2.00 bits per heavy atom. The van der Waals surface area contributed by atoms with E-state index in [9.17, 15) is 14.5 Å². The third kappa shape index (κ3) is 2.16. The van der Waals surface area contributed by atoms with E-state index in [1.54, 1.807) is 24.3 Å². The summed E-state index contributed by atoms with van der Waals surface area (Å²) in [6.07, 6.45) is 1.07. The van der Waals surface area contributed by atoms with Crippen molar-refractivity contribution in [3.8, 4) is 0 Å². The van der Waals surface area contributed by atoms with E-state index in [-0.39, 0.29) is 17.3 Å². The van der Waals surface area contributed by atoms with Crippen LogP contribution in [0.3, 0.4) is 0 Å². The molecule has 19 heavy (non-hydrogen) atoms. The van der Waals surface area contributed by atoms with Gasteiger partial charge < -0.3 is 4.90 Å². The van der Waals surface area contributed by atoms with E-state index in [1.807, 2.05) is 0 Å². The van der Waals surface area contributed by atoms with Gasteiger partial charge in [-0.25, -0.2) is 4.39 Å². The SMILES string of the molecule is O=[N+]([O-])c1ccc(N2C[C@@H]3C[C@H]2CN3CCF)cc1. The summed E-state index contributed by atoms with van der Waals surface area (Å²) >= 11 is 0. The summed E-state index contributed by atoms with van der Waals surface area (Å²) in [5.74, 6) is 0. The van der Waals surface area contributed by atoms with Crippen LogP contribution < -0.4 is 4.90 Å². The quantitative estimate of drug-likeness (QED) is 0.615. The Labute approximate surface area is 110 Å². The van der Waals surface area contributed by atoms with Gasteiger partial charge in [-0.3, -0.25) is 15.0 Å². The maximum Gasteiger partial charge on any atom is 0.269 e. The zero-order chi connectivity index (χ0) is 13.4. The third-order valence-corrected chi connectivity index (χ3v) is 4.12. The summed E-state index contributed by atoms with van der Waals surface area (Å²) in [7, 11) is 0. The normalized spacial score (nSPS) is 26.1. The molecule has 2 fully saturated rings. The maximum absolute atomic E-state index is 12.4. The Balaban J connectivity index is 1.71.